The van der Waals surface area contributed by atoms with Gasteiger partial charge < -0.3 is 0 Å². The lowest BCUT2D eigenvalue weighted by Gasteiger charge is -1.97. The highest BCUT2D eigenvalue weighted by Gasteiger charge is 2.07. The monoisotopic (exact) mass is 223 g/mol. The zero-order chi connectivity index (χ0) is 10.7. The fraction of sp³-hybridized carbons (Fsp3) is 0.250. The van der Waals surface area contributed by atoms with Crippen molar-refractivity contribution in [3.8, 4) is 0 Å². The Labute approximate surface area is 89.8 Å². The van der Waals surface area contributed by atoms with Gasteiger partial charge in [0, 0.05) is 5.38 Å². The van der Waals surface area contributed by atoms with E-state index in [0.717, 1.165) is 10.7 Å². The summed E-state index contributed by atoms with van der Waals surface area (Å²) in [5.41, 5.74) is 0.773. The van der Waals surface area contributed by atoms with Crippen LogP contribution in [-0.4, -0.2) is 26.1 Å². The van der Waals surface area contributed by atoms with Crippen LogP contribution in [0.3, 0.4) is 0 Å². The molecule has 0 aliphatic rings. The zero-order valence-electron chi connectivity index (χ0n) is 8.02. The van der Waals surface area contributed by atoms with Gasteiger partial charge in [0.15, 0.2) is 0 Å². The number of carbonyl (C=O) groups excluding carboxylic acids is 1. The van der Waals surface area contributed by atoms with Gasteiger partial charge in [-0.1, -0.05) is 0 Å². The molecule has 6 nitrogen and oxygen atoms in total. The van der Waals surface area contributed by atoms with Crippen LogP contribution in [0.15, 0.2) is 11.7 Å². The molecule has 0 radical (unpaired) electrons. The number of H-pyrrole nitrogens is 1. The summed E-state index contributed by atoms with van der Waals surface area (Å²) >= 11 is 1.53. The van der Waals surface area contributed by atoms with Crippen LogP contribution in [-0.2, 0) is 11.2 Å². The molecule has 2 aromatic rings. The normalized spacial score (nSPS) is 10.2. The van der Waals surface area contributed by atoms with Gasteiger partial charge in [-0.2, -0.15) is 10.1 Å². The summed E-state index contributed by atoms with van der Waals surface area (Å²) in [6.45, 7) is 1.91. The fourth-order valence-electron chi connectivity index (χ4n) is 1.10. The van der Waals surface area contributed by atoms with Crippen molar-refractivity contribution in [1.82, 2.24) is 20.2 Å². The highest BCUT2D eigenvalue weighted by atomic mass is 32.1. The van der Waals surface area contributed by atoms with E-state index in [1.807, 2.05) is 12.3 Å². The molecule has 1 amide bonds. The molecular weight excluding hydrogens is 214 g/mol. The van der Waals surface area contributed by atoms with Crippen LogP contribution in [0.25, 0.3) is 0 Å². The molecule has 15 heavy (non-hydrogen) atoms. The molecule has 2 rings (SSSR count). The van der Waals surface area contributed by atoms with Gasteiger partial charge in [0.25, 0.3) is 0 Å². The summed E-state index contributed by atoms with van der Waals surface area (Å²) in [6, 6.07) is 0. The Morgan fingerprint density at radius 2 is 2.53 bits per heavy atom. The molecule has 0 saturated heterocycles. The first-order valence-corrected chi connectivity index (χ1v) is 5.18. The minimum absolute atomic E-state index is 0.156. The number of carbonyl (C=O) groups is 1. The largest absolute Gasteiger partial charge is 0.295 e. The second-order valence-corrected chi connectivity index (χ2v) is 3.98. The number of anilines is 1. The first-order valence-electron chi connectivity index (χ1n) is 4.30. The van der Waals surface area contributed by atoms with Crippen molar-refractivity contribution in [2.75, 3.05) is 5.32 Å². The number of aromatic amines is 1. The maximum absolute atomic E-state index is 11.5. The number of nitrogens with one attached hydrogen (secondary N) is 2. The topological polar surface area (TPSA) is 83.6 Å². The third-order valence-electron chi connectivity index (χ3n) is 1.68. The Morgan fingerprint density at radius 1 is 1.67 bits per heavy atom. The van der Waals surface area contributed by atoms with E-state index < -0.39 is 0 Å². The molecule has 78 valence electrons. The molecule has 0 aliphatic heterocycles. The number of hydrogen-bond acceptors (Lipinski definition) is 5. The quantitative estimate of drug-likeness (QED) is 0.804. The molecular formula is C8H9N5OS. The number of amides is 1. The fourth-order valence-corrected chi connectivity index (χ4v) is 1.71. The van der Waals surface area contributed by atoms with Crippen molar-refractivity contribution in [1.29, 1.82) is 0 Å². The first-order chi connectivity index (χ1) is 7.24. The van der Waals surface area contributed by atoms with Crippen molar-refractivity contribution in [2.24, 2.45) is 0 Å². The van der Waals surface area contributed by atoms with Crippen LogP contribution < -0.4 is 5.32 Å². The van der Waals surface area contributed by atoms with Crippen molar-refractivity contribution in [3.63, 3.8) is 0 Å². The molecule has 2 N–H and O–H groups in total. The molecule has 0 saturated carbocycles. The van der Waals surface area contributed by atoms with Crippen LogP contribution >= 0.6 is 11.3 Å². The van der Waals surface area contributed by atoms with Gasteiger partial charge >= 0.3 is 0 Å². The third-order valence-corrected chi connectivity index (χ3v) is 2.50. The SMILES string of the molecule is Cc1nc(CC(=O)Nc2ncn[nH]2)cs1. The van der Waals surface area contributed by atoms with Crippen LogP contribution in [0, 0.1) is 6.92 Å². The van der Waals surface area contributed by atoms with Gasteiger partial charge in [0.2, 0.25) is 11.9 Å². The Kier molecular flexibility index (Phi) is 2.72. The van der Waals surface area contributed by atoms with Crippen LogP contribution in [0.1, 0.15) is 10.7 Å². The van der Waals surface area contributed by atoms with Crippen LogP contribution in [0.2, 0.25) is 0 Å². The molecule has 2 heterocycles. The first kappa shape index (κ1) is 9.78. The number of rotatable bonds is 3. The van der Waals surface area contributed by atoms with Crippen molar-refractivity contribution in [2.45, 2.75) is 13.3 Å². The molecule has 0 aliphatic carbocycles. The predicted molar refractivity (Wildman–Crippen MR) is 55.6 cm³/mol. The number of hydrogen-bond donors (Lipinski definition) is 2. The lowest BCUT2D eigenvalue weighted by Crippen LogP contribution is -2.15. The smallest absolute Gasteiger partial charge is 0.232 e. The zero-order valence-corrected chi connectivity index (χ0v) is 8.84. The minimum Gasteiger partial charge on any atom is -0.295 e. The van der Waals surface area contributed by atoms with E-state index in [0.29, 0.717) is 5.95 Å². The van der Waals surface area contributed by atoms with Gasteiger partial charge in [-0.15, -0.1) is 11.3 Å². The number of thiazole rings is 1. The summed E-state index contributed by atoms with van der Waals surface area (Å²) in [5.74, 6) is 0.198. The average molecular weight is 223 g/mol. The van der Waals surface area contributed by atoms with E-state index in [2.05, 4.69) is 25.5 Å². The highest BCUT2D eigenvalue weighted by molar-refractivity contribution is 7.09. The predicted octanol–water partition coefficient (Wildman–Crippen LogP) is 0.751. The van der Waals surface area contributed by atoms with E-state index in [1.54, 1.807) is 0 Å². The summed E-state index contributed by atoms with van der Waals surface area (Å²) in [7, 11) is 0. The third kappa shape index (κ3) is 2.59. The average Bonchev–Trinajstić information content (AvgIpc) is 2.77. The van der Waals surface area contributed by atoms with Gasteiger partial charge in [-0.25, -0.2) is 10.1 Å². The second-order valence-electron chi connectivity index (χ2n) is 2.92. The van der Waals surface area contributed by atoms with E-state index in [-0.39, 0.29) is 12.3 Å². The number of aryl methyl sites for hydroxylation is 1. The Bertz CT molecular complexity index is 449. The molecule has 0 atom stereocenters. The Balaban J connectivity index is 1.93. The second kappa shape index (κ2) is 4.18. The summed E-state index contributed by atoms with van der Waals surface area (Å²) in [4.78, 5) is 19.4. The van der Waals surface area contributed by atoms with E-state index in [4.69, 9.17) is 0 Å². The van der Waals surface area contributed by atoms with Gasteiger partial charge in [0.1, 0.15) is 6.33 Å². The molecule has 0 aromatic carbocycles. The maximum atomic E-state index is 11.5. The molecule has 0 spiro atoms. The maximum Gasteiger partial charge on any atom is 0.232 e. The summed E-state index contributed by atoms with van der Waals surface area (Å²) in [6.07, 6.45) is 1.59. The molecule has 0 unspecified atom stereocenters. The standard InChI is InChI=1S/C8H9N5OS/c1-5-11-6(3-15-5)2-7(14)12-8-9-4-10-13-8/h3-4H,2H2,1H3,(H2,9,10,12,13,14). The van der Waals surface area contributed by atoms with Crippen LogP contribution in [0.4, 0.5) is 5.95 Å². The Morgan fingerprint density at radius 3 is 3.13 bits per heavy atom. The van der Waals surface area contributed by atoms with Crippen molar-refractivity contribution < 1.29 is 4.79 Å². The summed E-state index contributed by atoms with van der Waals surface area (Å²) < 4.78 is 0. The highest BCUT2D eigenvalue weighted by Crippen LogP contribution is 2.08. The van der Waals surface area contributed by atoms with Crippen molar-refractivity contribution in [3.05, 3.63) is 22.4 Å². The van der Waals surface area contributed by atoms with E-state index >= 15 is 0 Å². The van der Waals surface area contributed by atoms with Crippen molar-refractivity contribution >= 4 is 23.2 Å². The minimum atomic E-state index is -0.156. The molecule has 0 fully saturated rings. The Hall–Kier alpha value is -1.76. The van der Waals surface area contributed by atoms with E-state index in [1.165, 1.54) is 17.7 Å². The summed E-state index contributed by atoms with van der Waals surface area (Å²) in [5, 5.41) is 11.6. The lowest BCUT2D eigenvalue weighted by molar-refractivity contribution is -0.115. The molecule has 7 heteroatoms. The number of aromatic nitrogens is 4. The molecule has 0 bridgehead atoms. The van der Waals surface area contributed by atoms with E-state index in [9.17, 15) is 4.79 Å². The van der Waals surface area contributed by atoms with Crippen LogP contribution in [0.5, 0.6) is 0 Å². The van der Waals surface area contributed by atoms with Gasteiger partial charge in [-0.05, 0) is 6.92 Å². The lowest BCUT2D eigenvalue weighted by atomic mass is 10.3. The van der Waals surface area contributed by atoms with Gasteiger partial charge in [0.05, 0.1) is 17.1 Å². The number of nitrogens with zero attached hydrogens (tertiary/aromatic N) is 3. The van der Waals surface area contributed by atoms with Gasteiger partial charge in [-0.3, -0.25) is 10.1 Å². The molecule has 2 aromatic heterocycles.